The molecule has 3 saturated carbocycles. The number of benzene rings is 2. The summed E-state index contributed by atoms with van der Waals surface area (Å²) in [5.74, 6) is -0.288. The van der Waals surface area contributed by atoms with E-state index in [1.54, 1.807) is 12.1 Å². The lowest BCUT2D eigenvalue weighted by Gasteiger charge is -2.64. The molecule has 5 aliphatic rings. The Bertz CT molecular complexity index is 1560. The molecule has 10 nitrogen and oxygen atoms in total. The van der Waals surface area contributed by atoms with E-state index in [1.807, 2.05) is 61.3 Å². The second-order valence-electron chi connectivity index (χ2n) is 15.3. The normalized spacial score (nSPS) is 26.9. The van der Waals surface area contributed by atoms with Crippen molar-refractivity contribution in [3.63, 3.8) is 0 Å². The summed E-state index contributed by atoms with van der Waals surface area (Å²) >= 11 is 0. The molecular weight excluding hydrogens is 605 g/mol. The number of carbonyl (C=O) groups is 3. The number of nitrogens with one attached hydrogen (secondary N) is 4. The SMILES string of the molecule is CC1=C(C(=O)N[C@@H](CNC(=O)c2ccc(C)cc2)C(=O)N[C@@H](CC(C)C)B2O[C@@H]3C[C@@H]4C[C@@H](C4(C)C)[C@]3(C)O2)CNN1c1ccccc1. The van der Waals surface area contributed by atoms with E-state index in [1.165, 1.54) is 0 Å². The van der Waals surface area contributed by atoms with E-state index in [4.69, 9.17) is 9.31 Å². The summed E-state index contributed by atoms with van der Waals surface area (Å²) in [7, 11) is -0.608. The second kappa shape index (κ2) is 13.3. The third-order valence-electron chi connectivity index (χ3n) is 11.2. The molecule has 1 saturated heterocycles. The molecule has 2 aromatic carbocycles. The van der Waals surface area contributed by atoms with Gasteiger partial charge in [-0.1, -0.05) is 63.6 Å². The first-order valence-electron chi connectivity index (χ1n) is 17.4. The zero-order chi connectivity index (χ0) is 34.4. The lowest BCUT2D eigenvalue weighted by atomic mass is 9.43. The molecule has 2 aliphatic heterocycles. The number of hydrogen-bond acceptors (Lipinski definition) is 7. The van der Waals surface area contributed by atoms with Gasteiger partial charge in [0.15, 0.2) is 0 Å². The fourth-order valence-corrected chi connectivity index (χ4v) is 8.20. The van der Waals surface area contributed by atoms with Crippen LogP contribution in [0.5, 0.6) is 0 Å². The highest BCUT2D eigenvalue weighted by atomic mass is 16.7. The van der Waals surface area contributed by atoms with E-state index in [0.717, 1.165) is 29.8 Å². The summed E-state index contributed by atoms with van der Waals surface area (Å²) in [6.07, 6.45) is 2.70. The molecule has 2 bridgehead atoms. The van der Waals surface area contributed by atoms with Crippen LogP contribution in [0.2, 0.25) is 0 Å². The molecule has 256 valence electrons. The number of allylic oxidation sites excluding steroid dienone is 1. The van der Waals surface area contributed by atoms with Gasteiger partial charge in [0, 0.05) is 24.4 Å². The zero-order valence-corrected chi connectivity index (χ0v) is 29.3. The third-order valence-corrected chi connectivity index (χ3v) is 11.2. The molecule has 48 heavy (non-hydrogen) atoms. The van der Waals surface area contributed by atoms with Gasteiger partial charge in [0.25, 0.3) is 11.8 Å². The Morgan fingerprint density at radius 2 is 1.69 bits per heavy atom. The molecule has 11 heteroatoms. The minimum Gasteiger partial charge on any atom is -0.404 e. The molecule has 3 aliphatic carbocycles. The third kappa shape index (κ3) is 6.52. The van der Waals surface area contributed by atoms with Crippen molar-refractivity contribution in [3.05, 3.63) is 77.0 Å². The summed E-state index contributed by atoms with van der Waals surface area (Å²) in [5, 5.41) is 10.9. The van der Waals surface area contributed by atoms with E-state index in [2.05, 4.69) is 56.0 Å². The summed E-state index contributed by atoms with van der Waals surface area (Å²) in [6, 6.07) is 15.9. The highest BCUT2D eigenvalue weighted by Crippen LogP contribution is 2.65. The number of hydrazine groups is 1. The van der Waals surface area contributed by atoms with Crippen molar-refractivity contribution in [2.24, 2.45) is 23.2 Å². The van der Waals surface area contributed by atoms with Crippen LogP contribution in [0.4, 0.5) is 5.69 Å². The summed E-state index contributed by atoms with van der Waals surface area (Å²) in [6.45, 7) is 15.1. The monoisotopic (exact) mass is 655 g/mol. The Hall–Kier alpha value is -3.67. The molecule has 0 radical (unpaired) electrons. The van der Waals surface area contributed by atoms with Gasteiger partial charge in [0.05, 0.1) is 28.9 Å². The lowest BCUT2D eigenvalue weighted by Crippen LogP contribution is -2.65. The predicted octanol–water partition coefficient (Wildman–Crippen LogP) is 4.31. The largest absolute Gasteiger partial charge is 0.481 e. The van der Waals surface area contributed by atoms with Crippen molar-refractivity contribution in [2.75, 3.05) is 18.1 Å². The van der Waals surface area contributed by atoms with Gasteiger partial charge in [0.2, 0.25) is 5.91 Å². The minimum atomic E-state index is -1.04. The summed E-state index contributed by atoms with van der Waals surface area (Å²) in [4.78, 5) is 41.0. The van der Waals surface area contributed by atoms with Gasteiger partial charge >= 0.3 is 7.12 Å². The number of anilines is 1. The van der Waals surface area contributed by atoms with Crippen LogP contribution in [0, 0.1) is 30.1 Å². The van der Waals surface area contributed by atoms with Crippen LogP contribution in [0.3, 0.4) is 0 Å². The standard InChI is InChI=1S/C37H50BN5O5/c1-22(2)17-32(38-47-31-19-26-18-30(36(26,5)6)37(31,7)48-38)42-35(46)29(21-39-33(44)25-15-13-23(3)14-16-25)41-34(45)28-20-40-43(24(28)4)27-11-9-8-10-12-27/h8-16,22,26,29-32,40H,17-21H2,1-7H3,(H,39,44)(H,41,45)(H,42,46)/t26-,29-,30-,31+,32-,37-/m0/s1. The molecule has 2 aromatic rings. The zero-order valence-electron chi connectivity index (χ0n) is 29.3. The van der Waals surface area contributed by atoms with Crippen molar-refractivity contribution in [3.8, 4) is 0 Å². The van der Waals surface area contributed by atoms with Crippen molar-refractivity contribution in [1.82, 2.24) is 21.4 Å². The molecule has 4 fully saturated rings. The first-order chi connectivity index (χ1) is 22.8. The fraction of sp³-hybridized carbons (Fsp3) is 0.541. The van der Waals surface area contributed by atoms with E-state index >= 15 is 0 Å². The number of carbonyl (C=O) groups excluding carboxylic acids is 3. The Morgan fingerprint density at radius 1 is 0.979 bits per heavy atom. The maximum atomic E-state index is 14.1. The first-order valence-corrected chi connectivity index (χ1v) is 17.4. The quantitative estimate of drug-likeness (QED) is 0.267. The lowest BCUT2D eigenvalue weighted by molar-refractivity contribution is -0.199. The molecule has 0 aromatic heterocycles. The smallest absolute Gasteiger partial charge is 0.404 e. The topological polar surface area (TPSA) is 121 Å². The van der Waals surface area contributed by atoms with Crippen molar-refractivity contribution in [1.29, 1.82) is 0 Å². The number of para-hydroxylation sites is 1. The van der Waals surface area contributed by atoms with Crippen LogP contribution >= 0.6 is 0 Å². The number of hydrogen-bond donors (Lipinski definition) is 4. The Balaban J connectivity index is 1.20. The highest BCUT2D eigenvalue weighted by Gasteiger charge is 2.68. The van der Waals surface area contributed by atoms with Crippen LogP contribution in [-0.4, -0.2) is 61.6 Å². The maximum Gasteiger partial charge on any atom is 0.481 e. The molecule has 7 rings (SSSR count). The van der Waals surface area contributed by atoms with Gasteiger partial charge in [-0.3, -0.25) is 19.4 Å². The number of amides is 3. The van der Waals surface area contributed by atoms with Crippen LogP contribution in [0.1, 0.15) is 76.7 Å². The summed E-state index contributed by atoms with van der Waals surface area (Å²) < 4.78 is 13.3. The molecule has 2 heterocycles. The van der Waals surface area contributed by atoms with E-state index in [-0.39, 0.29) is 35.8 Å². The Labute approximate surface area is 284 Å². The average molecular weight is 656 g/mol. The second-order valence-corrected chi connectivity index (χ2v) is 15.3. The molecule has 0 unspecified atom stereocenters. The van der Waals surface area contributed by atoms with Crippen molar-refractivity contribution in [2.45, 2.75) is 91.4 Å². The fourth-order valence-electron chi connectivity index (χ4n) is 8.20. The highest BCUT2D eigenvalue weighted by molar-refractivity contribution is 6.48. The molecular formula is C37H50BN5O5. The minimum absolute atomic E-state index is 0.0209. The van der Waals surface area contributed by atoms with Crippen molar-refractivity contribution >= 4 is 30.5 Å². The van der Waals surface area contributed by atoms with Gasteiger partial charge in [-0.25, -0.2) is 5.43 Å². The Morgan fingerprint density at radius 3 is 2.35 bits per heavy atom. The predicted molar refractivity (Wildman–Crippen MR) is 187 cm³/mol. The maximum absolute atomic E-state index is 14.1. The average Bonchev–Trinajstić information content (AvgIpc) is 3.62. The van der Waals surface area contributed by atoms with E-state index in [0.29, 0.717) is 35.9 Å². The number of aryl methyl sites for hydroxylation is 1. The van der Waals surface area contributed by atoms with E-state index in [9.17, 15) is 14.4 Å². The summed E-state index contributed by atoms with van der Waals surface area (Å²) in [5.41, 5.74) is 6.72. The van der Waals surface area contributed by atoms with Gasteiger partial charge in [-0.2, -0.15) is 0 Å². The van der Waals surface area contributed by atoms with Gasteiger partial charge in [0.1, 0.15) is 6.04 Å². The van der Waals surface area contributed by atoms with E-state index < -0.39 is 30.6 Å². The Kier molecular flexibility index (Phi) is 9.50. The van der Waals surface area contributed by atoms with Crippen LogP contribution < -0.4 is 26.4 Å². The van der Waals surface area contributed by atoms with Gasteiger partial charge < -0.3 is 25.3 Å². The molecule has 6 atom stereocenters. The van der Waals surface area contributed by atoms with Crippen LogP contribution in [-0.2, 0) is 18.9 Å². The number of rotatable bonds is 11. The van der Waals surface area contributed by atoms with Crippen LogP contribution in [0.25, 0.3) is 0 Å². The number of nitrogens with zero attached hydrogens (tertiary/aromatic N) is 1. The van der Waals surface area contributed by atoms with Gasteiger partial charge in [-0.05, 0) is 87.5 Å². The van der Waals surface area contributed by atoms with Gasteiger partial charge in [-0.15, -0.1) is 0 Å². The molecule has 0 spiro atoms. The first kappa shape index (κ1) is 34.2. The van der Waals surface area contributed by atoms with Crippen LogP contribution in [0.15, 0.2) is 65.9 Å². The van der Waals surface area contributed by atoms with Crippen molar-refractivity contribution < 1.29 is 23.7 Å². The molecule has 4 N–H and O–H groups in total. The molecule has 3 amide bonds.